The van der Waals surface area contributed by atoms with Gasteiger partial charge in [-0.25, -0.2) is 9.59 Å². The molecule has 0 radical (unpaired) electrons. The molecule has 7 heteroatoms. The summed E-state index contributed by atoms with van der Waals surface area (Å²) in [5, 5.41) is 9.11. The van der Waals surface area contributed by atoms with Crippen LogP contribution in [0.5, 0.6) is 11.5 Å². The highest BCUT2D eigenvalue weighted by molar-refractivity contribution is 5.88. The Morgan fingerprint density at radius 2 is 1.80 bits per heavy atom. The Morgan fingerprint density at radius 3 is 2.32 bits per heavy atom. The minimum Gasteiger partial charge on any atom is -0.493 e. The minimum atomic E-state index is -1.02. The smallest absolute Gasteiger partial charge is 0.410 e. The Balaban J connectivity index is 1.97. The molecule has 25 heavy (non-hydrogen) atoms. The Bertz CT molecular complexity index is 629. The SMILES string of the molecule is COc1ccc(C(=O)O)cc1OC1CCN(C(=O)OC(C)(C)C)CC1. The van der Waals surface area contributed by atoms with E-state index < -0.39 is 11.6 Å². The van der Waals surface area contributed by atoms with Gasteiger partial charge in [-0.1, -0.05) is 0 Å². The molecule has 1 aromatic rings. The second-order valence-corrected chi connectivity index (χ2v) is 6.96. The number of hydrogen-bond acceptors (Lipinski definition) is 5. The number of benzene rings is 1. The van der Waals surface area contributed by atoms with Gasteiger partial charge in [0.15, 0.2) is 11.5 Å². The summed E-state index contributed by atoms with van der Waals surface area (Å²) >= 11 is 0. The number of likely N-dealkylation sites (tertiary alicyclic amines) is 1. The molecule has 0 aliphatic carbocycles. The lowest BCUT2D eigenvalue weighted by molar-refractivity contribution is 0.0124. The lowest BCUT2D eigenvalue weighted by Crippen LogP contribution is -2.44. The van der Waals surface area contributed by atoms with Crippen LogP contribution in [0.25, 0.3) is 0 Å². The molecule has 1 N–H and O–H groups in total. The van der Waals surface area contributed by atoms with E-state index in [9.17, 15) is 9.59 Å². The molecule has 0 bridgehead atoms. The zero-order valence-corrected chi connectivity index (χ0v) is 15.1. The predicted molar refractivity (Wildman–Crippen MR) is 91.4 cm³/mol. The summed E-state index contributed by atoms with van der Waals surface area (Å²) in [5.74, 6) is -0.134. The standard InChI is InChI=1S/C18H25NO6/c1-18(2,3)25-17(22)19-9-7-13(8-10-19)24-15-11-12(16(20)21)5-6-14(15)23-4/h5-6,11,13H,7-10H2,1-4H3,(H,20,21). The largest absolute Gasteiger partial charge is 0.493 e. The first-order valence-corrected chi connectivity index (χ1v) is 8.25. The Hall–Kier alpha value is -2.44. The highest BCUT2D eigenvalue weighted by Gasteiger charge is 2.28. The molecular weight excluding hydrogens is 326 g/mol. The fourth-order valence-electron chi connectivity index (χ4n) is 2.56. The van der Waals surface area contributed by atoms with Crippen molar-refractivity contribution in [2.24, 2.45) is 0 Å². The van der Waals surface area contributed by atoms with Crippen molar-refractivity contribution in [3.63, 3.8) is 0 Å². The third-order valence-electron chi connectivity index (χ3n) is 3.80. The highest BCUT2D eigenvalue weighted by atomic mass is 16.6. The highest BCUT2D eigenvalue weighted by Crippen LogP contribution is 2.31. The lowest BCUT2D eigenvalue weighted by atomic mass is 10.1. The van der Waals surface area contributed by atoms with E-state index in [4.69, 9.17) is 19.3 Å². The summed E-state index contributed by atoms with van der Waals surface area (Å²) in [4.78, 5) is 24.9. The third-order valence-corrected chi connectivity index (χ3v) is 3.80. The maximum atomic E-state index is 12.1. The summed E-state index contributed by atoms with van der Waals surface area (Å²) in [6.07, 6.45) is 0.840. The number of nitrogens with zero attached hydrogens (tertiary/aromatic N) is 1. The summed E-state index contributed by atoms with van der Waals surface area (Å²) in [5.41, 5.74) is -0.378. The number of carboxylic acids is 1. The molecular formula is C18H25NO6. The Morgan fingerprint density at radius 1 is 1.16 bits per heavy atom. The number of carbonyl (C=O) groups excluding carboxylic acids is 1. The van der Waals surface area contributed by atoms with E-state index in [1.54, 1.807) is 11.0 Å². The van der Waals surface area contributed by atoms with Crippen molar-refractivity contribution < 1.29 is 28.9 Å². The van der Waals surface area contributed by atoms with E-state index in [0.29, 0.717) is 37.4 Å². The van der Waals surface area contributed by atoms with Gasteiger partial charge in [0.1, 0.15) is 11.7 Å². The van der Waals surface area contributed by atoms with E-state index in [1.807, 2.05) is 20.8 Å². The fourth-order valence-corrected chi connectivity index (χ4v) is 2.56. The van der Waals surface area contributed by atoms with Gasteiger partial charge in [-0.3, -0.25) is 0 Å². The van der Waals surface area contributed by atoms with Gasteiger partial charge in [0, 0.05) is 25.9 Å². The van der Waals surface area contributed by atoms with E-state index in [0.717, 1.165) is 0 Å². The maximum absolute atomic E-state index is 12.1. The van der Waals surface area contributed by atoms with Gasteiger partial charge in [0.2, 0.25) is 0 Å². The van der Waals surface area contributed by atoms with Gasteiger partial charge in [-0.2, -0.15) is 0 Å². The summed E-state index contributed by atoms with van der Waals surface area (Å²) in [6, 6.07) is 4.51. The van der Waals surface area contributed by atoms with Crippen LogP contribution in [-0.4, -0.2) is 54.0 Å². The van der Waals surface area contributed by atoms with Gasteiger partial charge in [-0.05, 0) is 39.0 Å². The first-order chi connectivity index (χ1) is 11.7. The zero-order chi connectivity index (χ0) is 18.6. The normalized spacial score (nSPS) is 15.6. The monoisotopic (exact) mass is 351 g/mol. The fraction of sp³-hybridized carbons (Fsp3) is 0.556. The lowest BCUT2D eigenvalue weighted by Gasteiger charge is -2.33. The van der Waals surface area contributed by atoms with Crippen LogP contribution in [0.4, 0.5) is 4.79 Å². The number of hydrogen-bond donors (Lipinski definition) is 1. The van der Waals surface area contributed by atoms with Crippen LogP contribution in [0, 0.1) is 0 Å². The number of carbonyl (C=O) groups is 2. The van der Waals surface area contributed by atoms with Crippen LogP contribution in [-0.2, 0) is 4.74 Å². The minimum absolute atomic E-state index is 0.114. The van der Waals surface area contributed by atoms with Gasteiger partial charge >= 0.3 is 12.1 Å². The van der Waals surface area contributed by atoms with Gasteiger partial charge in [0.05, 0.1) is 12.7 Å². The maximum Gasteiger partial charge on any atom is 0.410 e. The number of ether oxygens (including phenoxy) is 3. The van der Waals surface area contributed by atoms with E-state index >= 15 is 0 Å². The molecule has 1 aliphatic rings. The molecule has 1 heterocycles. The Kier molecular flexibility index (Phi) is 5.77. The van der Waals surface area contributed by atoms with Gasteiger partial charge in [-0.15, -0.1) is 0 Å². The number of piperidine rings is 1. The summed E-state index contributed by atoms with van der Waals surface area (Å²) in [6.45, 7) is 6.56. The van der Waals surface area contributed by atoms with Crippen molar-refractivity contribution in [1.82, 2.24) is 4.90 Å². The molecule has 0 unspecified atom stereocenters. The van der Waals surface area contributed by atoms with Gasteiger partial charge < -0.3 is 24.2 Å². The van der Waals surface area contributed by atoms with E-state index in [2.05, 4.69) is 0 Å². The van der Waals surface area contributed by atoms with Crippen molar-refractivity contribution in [3.05, 3.63) is 23.8 Å². The zero-order valence-electron chi connectivity index (χ0n) is 15.1. The van der Waals surface area contributed by atoms with Crippen molar-refractivity contribution in [1.29, 1.82) is 0 Å². The second kappa shape index (κ2) is 7.63. The van der Waals surface area contributed by atoms with Crippen LogP contribution >= 0.6 is 0 Å². The summed E-state index contributed by atoms with van der Waals surface area (Å²) in [7, 11) is 1.51. The number of methoxy groups -OCH3 is 1. The molecule has 2 rings (SSSR count). The molecule has 1 amide bonds. The van der Waals surface area contributed by atoms with Crippen LogP contribution in [0.3, 0.4) is 0 Å². The average molecular weight is 351 g/mol. The number of aromatic carboxylic acids is 1. The predicted octanol–water partition coefficient (Wildman–Crippen LogP) is 3.17. The quantitative estimate of drug-likeness (QED) is 0.897. The van der Waals surface area contributed by atoms with Crippen molar-refractivity contribution >= 4 is 12.1 Å². The number of amides is 1. The third kappa shape index (κ3) is 5.27. The van der Waals surface area contributed by atoms with Crippen LogP contribution in [0.1, 0.15) is 44.0 Å². The molecule has 1 saturated heterocycles. The summed E-state index contributed by atoms with van der Waals surface area (Å²) < 4.78 is 16.5. The average Bonchev–Trinajstić information content (AvgIpc) is 2.53. The molecule has 1 fully saturated rings. The molecule has 0 aromatic heterocycles. The molecule has 0 saturated carbocycles. The molecule has 0 spiro atoms. The van der Waals surface area contributed by atoms with Crippen LogP contribution in [0.2, 0.25) is 0 Å². The van der Waals surface area contributed by atoms with Crippen LogP contribution in [0.15, 0.2) is 18.2 Å². The van der Waals surface area contributed by atoms with E-state index in [-0.39, 0.29) is 17.8 Å². The molecule has 7 nitrogen and oxygen atoms in total. The first-order valence-electron chi connectivity index (χ1n) is 8.25. The Labute approximate surface area is 147 Å². The molecule has 1 aromatic carbocycles. The molecule has 1 aliphatic heterocycles. The number of rotatable bonds is 4. The first kappa shape index (κ1) is 18.9. The number of carboxylic acid groups (broad SMARTS) is 1. The van der Waals surface area contributed by atoms with Crippen molar-refractivity contribution in [2.75, 3.05) is 20.2 Å². The topological polar surface area (TPSA) is 85.3 Å². The molecule has 0 atom stereocenters. The van der Waals surface area contributed by atoms with Crippen molar-refractivity contribution in [2.45, 2.75) is 45.3 Å². The second-order valence-electron chi connectivity index (χ2n) is 6.96. The van der Waals surface area contributed by atoms with Gasteiger partial charge in [0.25, 0.3) is 0 Å². The van der Waals surface area contributed by atoms with Crippen molar-refractivity contribution in [3.8, 4) is 11.5 Å². The molecule has 138 valence electrons. The van der Waals surface area contributed by atoms with E-state index in [1.165, 1.54) is 19.2 Å². The van der Waals surface area contributed by atoms with Crippen LogP contribution < -0.4 is 9.47 Å².